The summed E-state index contributed by atoms with van der Waals surface area (Å²) in [6.07, 6.45) is -4.46. The molecule has 0 saturated heterocycles. The van der Waals surface area contributed by atoms with Gasteiger partial charge in [0.15, 0.2) is 0 Å². The number of anilines is 1. The summed E-state index contributed by atoms with van der Waals surface area (Å²) in [7, 11) is 0. The minimum Gasteiger partial charge on any atom is -0.381 e. The molecule has 7 heteroatoms. The Morgan fingerprint density at radius 3 is 2.52 bits per heavy atom. The zero-order chi connectivity index (χ0) is 15.6. The first kappa shape index (κ1) is 16.1. The number of hydrogen-bond acceptors (Lipinski definition) is 1. The predicted octanol–water partition coefficient (Wildman–Crippen LogP) is 5.87. The molecule has 0 spiro atoms. The summed E-state index contributed by atoms with van der Waals surface area (Å²) in [5.41, 5.74) is -0.275. The molecule has 0 unspecified atom stereocenters. The molecule has 0 saturated carbocycles. The van der Waals surface area contributed by atoms with Crippen LogP contribution in [0, 0.1) is 5.82 Å². The van der Waals surface area contributed by atoms with E-state index in [2.05, 4.69) is 21.2 Å². The van der Waals surface area contributed by atoms with Gasteiger partial charge in [0.1, 0.15) is 5.82 Å². The van der Waals surface area contributed by atoms with Crippen molar-refractivity contribution < 1.29 is 17.6 Å². The van der Waals surface area contributed by atoms with Gasteiger partial charge in [-0.3, -0.25) is 0 Å². The third kappa shape index (κ3) is 3.89. The van der Waals surface area contributed by atoms with E-state index in [0.717, 1.165) is 6.07 Å². The molecule has 2 aromatic rings. The lowest BCUT2D eigenvalue weighted by Gasteiger charge is -2.13. The molecule has 0 aliphatic carbocycles. The molecule has 0 aliphatic heterocycles. The van der Waals surface area contributed by atoms with E-state index in [0.29, 0.717) is 0 Å². The van der Waals surface area contributed by atoms with Crippen molar-refractivity contribution in [3.05, 3.63) is 62.8 Å². The van der Waals surface area contributed by atoms with E-state index in [1.807, 2.05) is 0 Å². The van der Waals surface area contributed by atoms with Gasteiger partial charge in [-0.25, -0.2) is 4.39 Å². The van der Waals surface area contributed by atoms with Crippen LogP contribution >= 0.6 is 27.5 Å². The Kier molecular flexibility index (Phi) is 4.78. The van der Waals surface area contributed by atoms with Crippen molar-refractivity contribution in [1.82, 2.24) is 0 Å². The van der Waals surface area contributed by atoms with E-state index in [-0.39, 0.29) is 27.3 Å². The molecule has 1 nitrogen and oxygen atoms in total. The molecule has 2 rings (SSSR count). The topological polar surface area (TPSA) is 12.0 Å². The number of alkyl halides is 3. The van der Waals surface area contributed by atoms with Gasteiger partial charge in [0.2, 0.25) is 0 Å². The van der Waals surface area contributed by atoms with Crippen molar-refractivity contribution >= 4 is 33.2 Å². The lowest BCUT2D eigenvalue weighted by molar-refractivity contribution is -0.138. The van der Waals surface area contributed by atoms with Crippen molar-refractivity contribution in [3.63, 3.8) is 0 Å². The summed E-state index contributed by atoms with van der Waals surface area (Å²) in [4.78, 5) is 0. The Bertz CT molecular complexity index is 658. The fourth-order valence-electron chi connectivity index (χ4n) is 1.73. The Morgan fingerprint density at radius 2 is 1.86 bits per heavy atom. The van der Waals surface area contributed by atoms with Gasteiger partial charge in [-0.15, -0.1) is 0 Å². The zero-order valence-corrected chi connectivity index (χ0v) is 12.8. The smallest absolute Gasteiger partial charge is 0.381 e. The van der Waals surface area contributed by atoms with Crippen LogP contribution in [0.5, 0.6) is 0 Å². The van der Waals surface area contributed by atoms with Crippen molar-refractivity contribution in [2.45, 2.75) is 12.7 Å². The van der Waals surface area contributed by atoms with Crippen molar-refractivity contribution in [3.8, 4) is 0 Å². The maximum absolute atomic E-state index is 13.7. The molecule has 0 aromatic heterocycles. The normalized spacial score (nSPS) is 11.5. The highest BCUT2D eigenvalue weighted by molar-refractivity contribution is 9.10. The Labute approximate surface area is 132 Å². The fraction of sp³-hybridized carbons (Fsp3) is 0.143. The van der Waals surface area contributed by atoms with E-state index < -0.39 is 17.6 Å². The van der Waals surface area contributed by atoms with Gasteiger partial charge < -0.3 is 5.32 Å². The van der Waals surface area contributed by atoms with Crippen molar-refractivity contribution in [2.24, 2.45) is 0 Å². The van der Waals surface area contributed by atoms with Gasteiger partial charge in [-0.1, -0.05) is 39.7 Å². The van der Waals surface area contributed by atoms with E-state index in [1.165, 1.54) is 24.3 Å². The molecule has 0 aliphatic rings. The van der Waals surface area contributed by atoms with Crippen LogP contribution in [0.4, 0.5) is 23.2 Å². The molecule has 112 valence electrons. The Hall–Kier alpha value is -1.27. The van der Waals surface area contributed by atoms with Crippen LogP contribution in [0.15, 0.2) is 40.9 Å². The van der Waals surface area contributed by atoms with Gasteiger partial charge >= 0.3 is 6.18 Å². The number of rotatable bonds is 3. The second kappa shape index (κ2) is 6.23. The summed E-state index contributed by atoms with van der Waals surface area (Å²) in [6.45, 7) is 0.0331. The second-order valence-electron chi connectivity index (χ2n) is 4.26. The van der Waals surface area contributed by atoms with Crippen LogP contribution in [0.3, 0.4) is 0 Å². The van der Waals surface area contributed by atoms with E-state index in [4.69, 9.17) is 11.6 Å². The standard InChI is InChI=1S/C14H9BrClF4N/c15-11-5-4-9(6-10(11)14(18,19)20)21-7-8-2-1-3-12(16)13(8)17/h1-6,21H,7H2. The first-order valence-corrected chi connectivity index (χ1v) is 6.99. The first-order chi connectivity index (χ1) is 9.79. The third-order valence-corrected chi connectivity index (χ3v) is 3.77. The summed E-state index contributed by atoms with van der Waals surface area (Å²) < 4.78 is 52.0. The second-order valence-corrected chi connectivity index (χ2v) is 5.52. The Balaban J connectivity index is 2.19. The van der Waals surface area contributed by atoms with Crippen LogP contribution in [0.2, 0.25) is 5.02 Å². The molecule has 1 N–H and O–H groups in total. The average molecular weight is 383 g/mol. The molecule has 0 bridgehead atoms. The van der Waals surface area contributed by atoms with Crippen LogP contribution in [0.25, 0.3) is 0 Å². The van der Waals surface area contributed by atoms with E-state index in [1.54, 1.807) is 6.07 Å². The molecule has 0 fully saturated rings. The van der Waals surface area contributed by atoms with Crippen molar-refractivity contribution in [2.75, 3.05) is 5.32 Å². The van der Waals surface area contributed by atoms with Gasteiger partial charge in [0.25, 0.3) is 0 Å². The maximum Gasteiger partial charge on any atom is 0.417 e. The van der Waals surface area contributed by atoms with Gasteiger partial charge in [0, 0.05) is 22.3 Å². The highest BCUT2D eigenvalue weighted by atomic mass is 79.9. The molecule has 0 atom stereocenters. The summed E-state index contributed by atoms with van der Waals surface area (Å²) >= 11 is 8.50. The predicted molar refractivity (Wildman–Crippen MR) is 77.9 cm³/mol. The van der Waals surface area contributed by atoms with E-state index >= 15 is 0 Å². The maximum atomic E-state index is 13.7. The van der Waals surface area contributed by atoms with Gasteiger partial charge in [-0.2, -0.15) is 13.2 Å². The zero-order valence-electron chi connectivity index (χ0n) is 10.4. The first-order valence-electron chi connectivity index (χ1n) is 5.82. The largest absolute Gasteiger partial charge is 0.417 e. The number of nitrogens with one attached hydrogen (secondary N) is 1. The third-order valence-electron chi connectivity index (χ3n) is 2.79. The molecule has 0 amide bonds. The monoisotopic (exact) mass is 381 g/mol. The molecule has 21 heavy (non-hydrogen) atoms. The van der Waals surface area contributed by atoms with Gasteiger partial charge in [0.05, 0.1) is 10.6 Å². The lowest BCUT2D eigenvalue weighted by atomic mass is 10.1. The highest BCUT2D eigenvalue weighted by Crippen LogP contribution is 2.36. The molecule has 2 aromatic carbocycles. The quantitative estimate of drug-likeness (QED) is 0.654. The SMILES string of the molecule is Fc1c(Cl)cccc1CNc1ccc(Br)c(C(F)(F)F)c1. The summed E-state index contributed by atoms with van der Waals surface area (Å²) in [5.74, 6) is -0.583. The fourth-order valence-corrected chi connectivity index (χ4v) is 2.40. The molecule has 0 radical (unpaired) electrons. The summed E-state index contributed by atoms with van der Waals surface area (Å²) in [5, 5.41) is 2.72. The summed E-state index contributed by atoms with van der Waals surface area (Å²) in [6, 6.07) is 8.22. The highest BCUT2D eigenvalue weighted by Gasteiger charge is 2.33. The van der Waals surface area contributed by atoms with Crippen LogP contribution in [-0.2, 0) is 12.7 Å². The van der Waals surface area contributed by atoms with E-state index in [9.17, 15) is 17.6 Å². The van der Waals surface area contributed by atoms with Crippen LogP contribution in [0.1, 0.15) is 11.1 Å². The molecule has 0 heterocycles. The molecular formula is C14H9BrClF4N. The lowest BCUT2D eigenvalue weighted by Crippen LogP contribution is -2.08. The minimum atomic E-state index is -4.46. The Morgan fingerprint density at radius 1 is 1.14 bits per heavy atom. The van der Waals surface area contributed by atoms with Crippen molar-refractivity contribution in [1.29, 1.82) is 0 Å². The molecular weight excluding hydrogens is 374 g/mol. The number of hydrogen-bond donors (Lipinski definition) is 1. The van der Waals surface area contributed by atoms with Crippen LogP contribution < -0.4 is 5.32 Å². The minimum absolute atomic E-state index is 0.0268. The number of benzene rings is 2. The average Bonchev–Trinajstić information content (AvgIpc) is 2.40. The van der Waals surface area contributed by atoms with Gasteiger partial charge in [-0.05, 0) is 24.3 Å². The van der Waals surface area contributed by atoms with Crippen LogP contribution in [-0.4, -0.2) is 0 Å². The number of halogens is 6.